The predicted octanol–water partition coefficient (Wildman–Crippen LogP) is 2.83. The zero-order valence-electron chi connectivity index (χ0n) is 13.4. The second-order valence-corrected chi connectivity index (χ2v) is 6.63. The van der Waals surface area contributed by atoms with Gasteiger partial charge in [0.05, 0.1) is 6.54 Å². The lowest BCUT2D eigenvalue weighted by Gasteiger charge is -2.27. The minimum atomic E-state index is 0.602. The van der Waals surface area contributed by atoms with E-state index < -0.39 is 0 Å². The maximum Gasteiger partial charge on any atom is 0.134 e. The van der Waals surface area contributed by atoms with E-state index in [1.54, 1.807) is 6.33 Å². The molecule has 122 valence electrons. The summed E-state index contributed by atoms with van der Waals surface area (Å²) in [4.78, 5) is 11.0. The average Bonchev–Trinajstić information content (AvgIpc) is 2.61. The Balaban J connectivity index is 1.49. The lowest BCUT2D eigenvalue weighted by atomic mass is 10.2. The van der Waals surface area contributed by atoms with Gasteiger partial charge in [0, 0.05) is 30.7 Å². The maximum atomic E-state index is 5.79. The van der Waals surface area contributed by atoms with Crippen LogP contribution in [0.25, 0.3) is 0 Å². The maximum absolute atomic E-state index is 5.79. The number of hydrogen-bond donors (Lipinski definition) is 1. The molecule has 5 nitrogen and oxygen atoms in total. The fourth-order valence-electron chi connectivity index (χ4n) is 2.47. The molecule has 2 aromatic rings. The van der Waals surface area contributed by atoms with Gasteiger partial charge in [-0.15, -0.1) is 0 Å². The summed E-state index contributed by atoms with van der Waals surface area (Å²) >= 11 is 2.00. The monoisotopic (exact) mass is 330 g/mol. The third-order valence-corrected chi connectivity index (χ3v) is 4.69. The number of ether oxygens (including phenoxy) is 1. The fourth-order valence-corrected chi connectivity index (χ4v) is 3.37. The molecule has 0 spiro atoms. The van der Waals surface area contributed by atoms with Gasteiger partial charge in [-0.25, -0.2) is 9.97 Å². The lowest BCUT2D eigenvalue weighted by Crippen LogP contribution is -2.33. The zero-order valence-corrected chi connectivity index (χ0v) is 14.2. The minimum Gasteiger partial charge on any atom is -0.491 e. The van der Waals surface area contributed by atoms with Crippen LogP contribution in [0, 0.1) is 6.92 Å². The van der Waals surface area contributed by atoms with Crippen molar-refractivity contribution in [3.8, 4) is 5.75 Å². The Morgan fingerprint density at radius 1 is 1.22 bits per heavy atom. The topological polar surface area (TPSA) is 50.3 Å². The molecule has 1 aliphatic rings. The molecule has 2 heterocycles. The molecule has 0 atom stereocenters. The van der Waals surface area contributed by atoms with Crippen molar-refractivity contribution < 1.29 is 4.74 Å². The number of aromatic nitrogens is 2. The van der Waals surface area contributed by atoms with Crippen molar-refractivity contribution in [1.29, 1.82) is 0 Å². The van der Waals surface area contributed by atoms with Crippen LogP contribution in [0.4, 0.5) is 11.6 Å². The molecule has 0 bridgehead atoms. The van der Waals surface area contributed by atoms with Gasteiger partial charge in [-0.2, -0.15) is 11.8 Å². The van der Waals surface area contributed by atoms with E-state index in [-0.39, 0.29) is 0 Å². The Kier molecular flexibility index (Phi) is 5.58. The molecule has 1 fully saturated rings. The number of nitrogens with one attached hydrogen (secondary N) is 1. The van der Waals surface area contributed by atoms with Crippen molar-refractivity contribution in [1.82, 2.24) is 9.97 Å². The molecular weight excluding hydrogens is 308 g/mol. The second-order valence-electron chi connectivity index (χ2n) is 5.40. The zero-order chi connectivity index (χ0) is 15.9. The van der Waals surface area contributed by atoms with Crippen LogP contribution >= 0.6 is 11.8 Å². The number of hydrogen-bond acceptors (Lipinski definition) is 6. The molecule has 0 unspecified atom stereocenters. The van der Waals surface area contributed by atoms with E-state index in [9.17, 15) is 0 Å². The van der Waals surface area contributed by atoms with Crippen LogP contribution < -0.4 is 15.0 Å². The first-order valence-electron chi connectivity index (χ1n) is 7.90. The van der Waals surface area contributed by atoms with Crippen molar-refractivity contribution >= 4 is 23.4 Å². The van der Waals surface area contributed by atoms with Gasteiger partial charge in [0.2, 0.25) is 0 Å². The van der Waals surface area contributed by atoms with Crippen molar-refractivity contribution in [2.75, 3.05) is 48.0 Å². The van der Waals surface area contributed by atoms with Crippen molar-refractivity contribution in [3.63, 3.8) is 0 Å². The molecule has 0 saturated carbocycles. The molecule has 1 aliphatic heterocycles. The Bertz CT molecular complexity index is 631. The Hall–Kier alpha value is -1.95. The molecule has 1 aromatic carbocycles. The van der Waals surface area contributed by atoms with Gasteiger partial charge in [0.25, 0.3) is 0 Å². The van der Waals surface area contributed by atoms with Crippen LogP contribution in [0.5, 0.6) is 5.75 Å². The molecule has 1 aromatic heterocycles. The van der Waals surface area contributed by atoms with Gasteiger partial charge >= 0.3 is 0 Å². The Morgan fingerprint density at radius 2 is 2.04 bits per heavy atom. The van der Waals surface area contributed by atoms with Gasteiger partial charge in [-0.05, 0) is 18.6 Å². The first-order valence-corrected chi connectivity index (χ1v) is 9.05. The van der Waals surface area contributed by atoms with E-state index >= 15 is 0 Å². The highest BCUT2D eigenvalue weighted by molar-refractivity contribution is 7.99. The number of benzene rings is 1. The number of para-hydroxylation sites is 1. The van der Waals surface area contributed by atoms with Crippen LogP contribution in [-0.4, -0.2) is 47.7 Å². The minimum absolute atomic E-state index is 0.602. The standard InChI is InChI=1S/C17H22N4OS/c1-14-4-2-3-5-15(14)22-9-6-18-16-12-17(20-13-19-16)21-7-10-23-11-8-21/h2-5,12-13H,6-11H2,1H3,(H,18,19,20). The predicted molar refractivity (Wildman–Crippen MR) is 96.7 cm³/mol. The number of anilines is 2. The average molecular weight is 330 g/mol. The van der Waals surface area contributed by atoms with Crippen molar-refractivity contribution in [2.24, 2.45) is 0 Å². The molecule has 1 N–H and O–H groups in total. The summed E-state index contributed by atoms with van der Waals surface area (Å²) in [7, 11) is 0. The third-order valence-electron chi connectivity index (χ3n) is 3.75. The molecule has 1 saturated heterocycles. The van der Waals surface area contributed by atoms with Crippen LogP contribution in [0.2, 0.25) is 0 Å². The summed E-state index contributed by atoms with van der Waals surface area (Å²) in [6.45, 7) is 5.47. The Morgan fingerprint density at radius 3 is 2.87 bits per heavy atom. The second kappa shape index (κ2) is 8.06. The van der Waals surface area contributed by atoms with Gasteiger partial charge in [-0.1, -0.05) is 18.2 Å². The number of nitrogens with zero attached hydrogens (tertiary/aromatic N) is 3. The first-order chi connectivity index (χ1) is 11.3. The molecule has 3 rings (SSSR count). The summed E-state index contributed by atoms with van der Waals surface area (Å²) in [5, 5.41) is 3.31. The van der Waals surface area contributed by atoms with E-state index in [1.165, 1.54) is 0 Å². The summed E-state index contributed by atoms with van der Waals surface area (Å²) in [6.07, 6.45) is 1.63. The van der Waals surface area contributed by atoms with Crippen LogP contribution in [-0.2, 0) is 0 Å². The molecule has 0 aliphatic carbocycles. The van der Waals surface area contributed by atoms with Crippen LogP contribution in [0.1, 0.15) is 5.56 Å². The number of aryl methyl sites for hydroxylation is 1. The first kappa shape index (κ1) is 15.9. The molecular formula is C17H22N4OS. The quantitative estimate of drug-likeness (QED) is 0.822. The summed E-state index contributed by atoms with van der Waals surface area (Å²) in [6, 6.07) is 10.1. The summed E-state index contributed by atoms with van der Waals surface area (Å²) in [5.41, 5.74) is 1.15. The van der Waals surface area contributed by atoms with Gasteiger partial charge in [0.1, 0.15) is 30.3 Å². The Labute approximate surface area is 141 Å². The van der Waals surface area contributed by atoms with E-state index in [2.05, 4.69) is 33.2 Å². The van der Waals surface area contributed by atoms with E-state index in [4.69, 9.17) is 4.74 Å². The normalized spacial score (nSPS) is 14.6. The van der Waals surface area contributed by atoms with Gasteiger partial charge in [0.15, 0.2) is 0 Å². The van der Waals surface area contributed by atoms with Crippen molar-refractivity contribution in [2.45, 2.75) is 6.92 Å². The molecule has 0 radical (unpaired) electrons. The third kappa shape index (κ3) is 4.51. The highest BCUT2D eigenvalue weighted by atomic mass is 32.2. The molecule has 0 amide bonds. The smallest absolute Gasteiger partial charge is 0.134 e. The van der Waals surface area contributed by atoms with Crippen LogP contribution in [0.3, 0.4) is 0 Å². The molecule has 23 heavy (non-hydrogen) atoms. The number of thioether (sulfide) groups is 1. The van der Waals surface area contributed by atoms with E-state index in [0.717, 1.165) is 47.5 Å². The number of rotatable bonds is 6. The van der Waals surface area contributed by atoms with Gasteiger partial charge in [-0.3, -0.25) is 0 Å². The van der Waals surface area contributed by atoms with E-state index in [1.807, 2.05) is 36.0 Å². The molecule has 6 heteroatoms. The lowest BCUT2D eigenvalue weighted by molar-refractivity contribution is 0.330. The van der Waals surface area contributed by atoms with Gasteiger partial charge < -0.3 is 15.0 Å². The SMILES string of the molecule is Cc1ccccc1OCCNc1cc(N2CCSCC2)ncn1. The van der Waals surface area contributed by atoms with Crippen molar-refractivity contribution in [3.05, 3.63) is 42.2 Å². The van der Waals surface area contributed by atoms with E-state index in [0.29, 0.717) is 13.2 Å². The highest BCUT2D eigenvalue weighted by Crippen LogP contribution is 2.19. The van der Waals surface area contributed by atoms with Crippen LogP contribution in [0.15, 0.2) is 36.7 Å². The summed E-state index contributed by atoms with van der Waals surface area (Å²) < 4.78 is 5.79. The fraction of sp³-hybridized carbons (Fsp3) is 0.412. The summed E-state index contributed by atoms with van der Waals surface area (Å²) in [5.74, 6) is 5.11. The largest absolute Gasteiger partial charge is 0.491 e. The highest BCUT2D eigenvalue weighted by Gasteiger charge is 2.12.